The first-order chi connectivity index (χ1) is 10.1. The molecule has 2 rings (SSSR count). The largest absolute Gasteiger partial charge is 0.348 e. The zero-order chi connectivity index (χ0) is 15.2. The molecule has 0 saturated carbocycles. The Labute approximate surface area is 124 Å². The molecule has 1 aromatic rings. The third-order valence-electron chi connectivity index (χ3n) is 3.67. The monoisotopic (exact) mass is 285 g/mol. The highest BCUT2D eigenvalue weighted by Crippen LogP contribution is 2.14. The number of hydrogen-bond donors (Lipinski definition) is 1. The first kappa shape index (κ1) is 15.0. The van der Waals surface area contributed by atoms with E-state index in [2.05, 4.69) is 11.4 Å². The van der Waals surface area contributed by atoms with E-state index in [9.17, 15) is 9.59 Å². The smallest absolute Gasteiger partial charge is 0.240 e. The van der Waals surface area contributed by atoms with E-state index in [1.54, 1.807) is 17.0 Å². The Morgan fingerprint density at radius 3 is 2.71 bits per heavy atom. The van der Waals surface area contributed by atoms with Crippen molar-refractivity contribution in [3.63, 3.8) is 0 Å². The van der Waals surface area contributed by atoms with E-state index < -0.39 is 0 Å². The van der Waals surface area contributed by atoms with Gasteiger partial charge in [-0.15, -0.1) is 0 Å². The highest BCUT2D eigenvalue weighted by molar-refractivity contribution is 5.85. The predicted octanol–water partition coefficient (Wildman–Crippen LogP) is 1.75. The molecule has 1 aliphatic heterocycles. The fourth-order valence-corrected chi connectivity index (χ4v) is 2.42. The van der Waals surface area contributed by atoms with Crippen molar-refractivity contribution in [1.29, 1.82) is 5.26 Å². The van der Waals surface area contributed by atoms with Crippen LogP contribution in [-0.2, 0) is 9.59 Å². The van der Waals surface area contributed by atoms with Crippen LogP contribution in [0.2, 0.25) is 0 Å². The average molecular weight is 285 g/mol. The summed E-state index contributed by atoms with van der Waals surface area (Å²) in [5, 5.41) is 11.6. The molecule has 0 spiro atoms. The van der Waals surface area contributed by atoms with Crippen molar-refractivity contribution in [3.05, 3.63) is 35.4 Å². The number of piperidine rings is 1. The summed E-state index contributed by atoms with van der Waals surface area (Å²) in [4.78, 5) is 25.3. The second-order valence-corrected chi connectivity index (χ2v) is 5.30. The SMILES string of the molecule is CC(NC(=O)CN1CCCCC1=O)c1ccc(C#N)cc1. The van der Waals surface area contributed by atoms with E-state index in [-0.39, 0.29) is 24.4 Å². The van der Waals surface area contributed by atoms with Crippen molar-refractivity contribution in [3.8, 4) is 6.07 Å². The van der Waals surface area contributed by atoms with Crippen LogP contribution in [0.3, 0.4) is 0 Å². The van der Waals surface area contributed by atoms with Gasteiger partial charge in [0.15, 0.2) is 0 Å². The first-order valence-corrected chi connectivity index (χ1v) is 7.17. The topological polar surface area (TPSA) is 73.2 Å². The minimum absolute atomic E-state index is 0.0578. The fourth-order valence-electron chi connectivity index (χ4n) is 2.42. The fraction of sp³-hybridized carbons (Fsp3) is 0.438. The summed E-state index contributed by atoms with van der Waals surface area (Å²) in [7, 11) is 0. The molecule has 1 N–H and O–H groups in total. The standard InChI is InChI=1S/C16H19N3O2/c1-12(14-7-5-13(10-17)6-8-14)18-15(20)11-19-9-3-2-4-16(19)21/h5-8,12H,2-4,9,11H2,1H3,(H,18,20). The summed E-state index contributed by atoms with van der Waals surface area (Å²) in [6.45, 7) is 2.67. The number of carbonyl (C=O) groups is 2. The molecule has 0 bridgehead atoms. The number of carbonyl (C=O) groups excluding carboxylic acids is 2. The molecule has 0 aromatic heterocycles. The van der Waals surface area contributed by atoms with Crippen molar-refractivity contribution < 1.29 is 9.59 Å². The molecule has 1 fully saturated rings. The average Bonchev–Trinajstić information content (AvgIpc) is 2.49. The van der Waals surface area contributed by atoms with Crippen molar-refractivity contribution in [2.45, 2.75) is 32.2 Å². The summed E-state index contributed by atoms with van der Waals surface area (Å²) in [5.41, 5.74) is 1.53. The number of amides is 2. The molecular formula is C16H19N3O2. The van der Waals surface area contributed by atoms with E-state index in [1.165, 1.54) is 0 Å². The normalized spacial score (nSPS) is 16.2. The molecule has 5 heteroatoms. The molecule has 2 amide bonds. The van der Waals surface area contributed by atoms with Gasteiger partial charge in [-0.3, -0.25) is 9.59 Å². The molecule has 0 radical (unpaired) electrons. The highest BCUT2D eigenvalue weighted by Gasteiger charge is 2.21. The first-order valence-electron chi connectivity index (χ1n) is 7.17. The molecule has 1 aromatic carbocycles. The lowest BCUT2D eigenvalue weighted by molar-refractivity contribution is -0.138. The van der Waals surface area contributed by atoms with E-state index in [0.717, 1.165) is 18.4 Å². The van der Waals surface area contributed by atoms with Crippen LogP contribution in [0.1, 0.15) is 43.4 Å². The van der Waals surface area contributed by atoms with E-state index in [0.29, 0.717) is 18.5 Å². The molecule has 0 aliphatic carbocycles. The molecule has 21 heavy (non-hydrogen) atoms. The molecule has 5 nitrogen and oxygen atoms in total. The van der Waals surface area contributed by atoms with Crippen LogP contribution in [0.5, 0.6) is 0 Å². The van der Waals surface area contributed by atoms with Gasteiger partial charge >= 0.3 is 0 Å². The van der Waals surface area contributed by atoms with Gasteiger partial charge in [-0.1, -0.05) is 12.1 Å². The van der Waals surface area contributed by atoms with Gasteiger partial charge in [0.1, 0.15) is 0 Å². The number of benzene rings is 1. The van der Waals surface area contributed by atoms with Crippen LogP contribution in [0.4, 0.5) is 0 Å². The Morgan fingerprint density at radius 2 is 2.10 bits per heavy atom. The molecule has 1 aliphatic rings. The Kier molecular flexibility index (Phi) is 4.94. The van der Waals surface area contributed by atoms with Crippen LogP contribution in [0.15, 0.2) is 24.3 Å². The third-order valence-corrected chi connectivity index (χ3v) is 3.67. The molecule has 110 valence electrons. The van der Waals surface area contributed by atoms with Gasteiger partial charge in [-0.25, -0.2) is 0 Å². The number of nitrogens with zero attached hydrogens (tertiary/aromatic N) is 2. The minimum atomic E-state index is -0.151. The van der Waals surface area contributed by atoms with Crippen LogP contribution in [0, 0.1) is 11.3 Å². The summed E-state index contributed by atoms with van der Waals surface area (Å²) in [6, 6.07) is 9.03. The van der Waals surface area contributed by atoms with Crippen LogP contribution in [0.25, 0.3) is 0 Å². The predicted molar refractivity (Wildman–Crippen MR) is 78.1 cm³/mol. The number of nitrogens with one attached hydrogen (secondary N) is 1. The Hall–Kier alpha value is -2.35. The second-order valence-electron chi connectivity index (χ2n) is 5.30. The highest BCUT2D eigenvalue weighted by atomic mass is 16.2. The van der Waals surface area contributed by atoms with E-state index >= 15 is 0 Å². The van der Waals surface area contributed by atoms with Crippen LogP contribution in [-0.4, -0.2) is 29.8 Å². The maximum atomic E-state index is 12.0. The van der Waals surface area contributed by atoms with Gasteiger partial charge in [0.05, 0.1) is 24.2 Å². The van der Waals surface area contributed by atoms with E-state index in [4.69, 9.17) is 5.26 Å². The maximum Gasteiger partial charge on any atom is 0.240 e. The van der Waals surface area contributed by atoms with Crippen molar-refractivity contribution in [2.75, 3.05) is 13.1 Å². The van der Waals surface area contributed by atoms with E-state index in [1.807, 2.05) is 19.1 Å². The molecule has 1 saturated heterocycles. The quantitative estimate of drug-likeness (QED) is 0.916. The Bertz CT molecular complexity index is 560. The third kappa shape index (κ3) is 4.06. The lowest BCUT2D eigenvalue weighted by atomic mass is 10.1. The number of rotatable bonds is 4. The molecule has 1 unspecified atom stereocenters. The van der Waals surface area contributed by atoms with Crippen molar-refractivity contribution >= 4 is 11.8 Å². The van der Waals surface area contributed by atoms with Crippen LogP contribution >= 0.6 is 0 Å². The zero-order valence-electron chi connectivity index (χ0n) is 12.1. The summed E-state index contributed by atoms with van der Waals surface area (Å²) in [6.07, 6.45) is 2.42. The van der Waals surface area contributed by atoms with Gasteiger partial charge in [0.2, 0.25) is 11.8 Å². The van der Waals surface area contributed by atoms with Crippen LogP contribution < -0.4 is 5.32 Å². The lowest BCUT2D eigenvalue weighted by Gasteiger charge is -2.26. The zero-order valence-corrected chi connectivity index (χ0v) is 12.1. The van der Waals surface area contributed by atoms with Gasteiger partial charge in [-0.2, -0.15) is 5.26 Å². The Morgan fingerprint density at radius 1 is 1.38 bits per heavy atom. The lowest BCUT2D eigenvalue weighted by Crippen LogP contribution is -2.43. The Balaban J connectivity index is 1.89. The van der Waals surface area contributed by atoms with Gasteiger partial charge < -0.3 is 10.2 Å². The molecular weight excluding hydrogens is 266 g/mol. The minimum Gasteiger partial charge on any atom is -0.348 e. The van der Waals surface area contributed by atoms with Crippen molar-refractivity contribution in [2.24, 2.45) is 0 Å². The summed E-state index contributed by atoms with van der Waals surface area (Å²) < 4.78 is 0. The number of nitriles is 1. The number of hydrogen-bond acceptors (Lipinski definition) is 3. The summed E-state index contributed by atoms with van der Waals surface area (Å²) in [5.74, 6) is -0.0930. The second kappa shape index (κ2) is 6.89. The summed E-state index contributed by atoms with van der Waals surface area (Å²) >= 11 is 0. The van der Waals surface area contributed by atoms with Crippen molar-refractivity contribution in [1.82, 2.24) is 10.2 Å². The van der Waals surface area contributed by atoms with Gasteiger partial charge in [0.25, 0.3) is 0 Å². The molecule has 1 atom stereocenters. The van der Waals surface area contributed by atoms with Gasteiger partial charge in [-0.05, 0) is 37.5 Å². The maximum absolute atomic E-state index is 12.0. The number of likely N-dealkylation sites (tertiary alicyclic amines) is 1. The molecule has 1 heterocycles. The van der Waals surface area contributed by atoms with Gasteiger partial charge in [0, 0.05) is 13.0 Å².